The van der Waals surface area contributed by atoms with Gasteiger partial charge in [0.1, 0.15) is 0 Å². The minimum absolute atomic E-state index is 0.236. The van der Waals surface area contributed by atoms with E-state index in [0.29, 0.717) is 5.06 Å². The Balaban J connectivity index is 3.00. The average Bonchev–Trinajstić information content (AvgIpc) is 2.30. The van der Waals surface area contributed by atoms with Gasteiger partial charge in [-0.3, -0.25) is 0 Å². The van der Waals surface area contributed by atoms with Gasteiger partial charge in [-0.2, -0.15) is 0 Å². The lowest BCUT2D eigenvalue weighted by Gasteiger charge is -2.05. The molecular weight excluding hydrogens is 212 g/mol. The molecule has 1 unspecified atom stereocenters. The van der Waals surface area contributed by atoms with E-state index in [-0.39, 0.29) is 5.38 Å². The van der Waals surface area contributed by atoms with E-state index in [1.54, 1.807) is 6.92 Å². The molecule has 0 amide bonds. The molecule has 1 N–H and O–H groups in total. The van der Waals surface area contributed by atoms with Crippen LogP contribution in [0.2, 0.25) is 0 Å². The molecule has 1 atom stereocenters. The highest BCUT2D eigenvalue weighted by atomic mass is 35.5. The molecular formula is C8H9ClO3S. The quantitative estimate of drug-likeness (QED) is 0.614. The molecule has 0 aliphatic rings. The Morgan fingerprint density at radius 3 is 2.85 bits per heavy atom. The zero-order valence-electron chi connectivity index (χ0n) is 7.20. The normalized spacial score (nSPS) is 12.5. The maximum atomic E-state index is 10.3. The minimum Gasteiger partial charge on any atom is -0.449 e. The number of halogens is 1. The van der Waals surface area contributed by atoms with Crippen LogP contribution >= 0.6 is 22.9 Å². The molecule has 5 heteroatoms. The van der Waals surface area contributed by atoms with E-state index in [0.717, 1.165) is 11.1 Å². The van der Waals surface area contributed by atoms with Crippen LogP contribution in [0, 0.1) is 6.92 Å². The molecule has 0 spiro atoms. The highest BCUT2D eigenvalue weighted by Crippen LogP contribution is 2.37. The Morgan fingerprint density at radius 2 is 2.38 bits per heavy atom. The van der Waals surface area contributed by atoms with Crippen LogP contribution in [0.15, 0.2) is 5.38 Å². The van der Waals surface area contributed by atoms with Crippen LogP contribution in [0.1, 0.15) is 23.4 Å². The van der Waals surface area contributed by atoms with E-state index in [1.807, 2.05) is 12.3 Å². The number of hydrogen-bond acceptors (Lipinski definition) is 3. The number of rotatable bonds is 2. The molecule has 3 nitrogen and oxygen atoms in total. The van der Waals surface area contributed by atoms with E-state index in [1.165, 1.54) is 11.3 Å². The maximum absolute atomic E-state index is 10.3. The van der Waals surface area contributed by atoms with Crippen molar-refractivity contribution >= 4 is 29.1 Å². The number of hydrogen-bond donors (Lipinski definition) is 1. The summed E-state index contributed by atoms with van der Waals surface area (Å²) in [7, 11) is 0. The van der Waals surface area contributed by atoms with Crippen LogP contribution in [0.5, 0.6) is 5.06 Å². The highest BCUT2D eigenvalue weighted by molar-refractivity contribution is 7.12. The fourth-order valence-corrected chi connectivity index (χ4v) is 2.40. The third kappa shape index (κ3) is 2.35. The standard InChI is InChI=1S/C8H9ClO3S/c1-4-3-13-7(12-8(10)11)6(4)5(2)9/h3,5H,1-2H3,(H,10,11). The lowest BCUT2D eigenvalue weighted by atomic mass is 10.1. The van der Waals surface area contributed by atoms with E-state index in [4.69, 9.17) is 16.7 Å². The fourth-order valence-electron chi connectivity index (χ4n) is 1.06. The number of thiophene rings is 1. The Labute approximate surface area is 84.9 Å². The van der Waals surface area contributed by atoms with Crippen LogP contribution in [0.3, 0.4) is 0 Å². The number of ether oxygens (including phenoxy) is 1. The van der Waals surface area contributed by atoms with Crippen LogP contribution in [0.25, 0.3) is 0 Å². The second kappa shape index (κ2) is 3.98. The predicted octanol–water partition coefficient (Wildman–Crippen LogP) is 3.41. The molecule has 1 rings (SSSR count). The first-order chi connectivity index (χ1) is 6.02. The molecule has 1 aromatic rings. The molecule has 0 saturated heterocycles. The van der Waals surface area contributed by atoms with Crippen LogP contribution in [0.4, 0.5) is 4.79 Å². The topological polar surface area (TPSA) is 46.5 Å². The van der Waals surface area contributed by atoms with Crippen molar-refractivity contribution in [3.05, 3.63) is 16.5 Å². The Hall–Kier alpha value is -0.740. The molecule has 0 bridgehead atoms. The summed E-state index contributed by atoms with van der Waals surface area (Å²) < 4.78 is 4.58. The summed E-state index contributed by atoms with van der Waals surface area (Å²) in [5.74, 6) is 0. The predicted molar refractivity (Wildman–Crippen MR) is 52.0 cm³/mol. The Kier molecular flexibility index (Phi) is 3.17. The molecule has 0 saturated carbocycles. The van der Waals surface area contributed by atoms with Crippen molar-refractivity contribution in [2.75, 3.05) is 0 Å². The van der Waals surface area contributed by atoms with Crippen molar-refractivity contribution in [1.82, 2.24) is 0 Å². The summed E-state index contributed by atoms with van der Waals surface area (Å²) in [5.41, 5.74) is 1.72. The Morgan fingerprint density at radius 1 is 1.77 bits per heavy atom. The molecule has 0 aromatic carbocycles. The fraction of sp³-hybridized carbons (Fsp3) is 0.375. The number of alkyl halides is 1. The Bertz CT molecular complexity index is 319. The van der Waals surface area contributed by atoms with E-state index in [9.17, 15) is 4.79 Å². The highest BCUT2D eigenvalue weighted by Gasteiger charge is 2.16. The summed E-state index contributed by atoms with van der Waals surface area (Å²) in [6.45, 7) is 3.66. The molecule has 72 valence electrons. The molecule has 0 aliphatic carbocycles. The van der Waals surface area contributed by atoms with Crippen LogP contribution in [-0.4, -0.2) is 11.3 Å². The summed E-state index contributed by atoms with van der Waals surface area (Å²) >= 11 is 7.12. The first-order valence-corrected chi connectivity index (χ1v) is 4.96. The lowest BCUT2D eigenvalue weighted by molar-refractivity contribution is 0.145. The van der Waals surface area contributed by atoms with Gasteiger partial charge in [-0.1, -0.05) is 0 Å². The molecule has 0 radical (unpaired) electrons. The first-order valence-electron chi connectivity index (χ1n) is 3.65. The van der Waals surface area contributed by atoms with Gasteiger partial charge in [0.2, 0.25) is 0 Å². The third-order valence-corrected chi connectivity index (χ3v) is 2.77. The van der Waals surface area contributed by atoms with Gasteiger partial charge in [-0.15, -0.1) is 22.9 Å². The third-order valence-electron chi connectivity index (χ3n) is 1.57. The monoisotopic (exact) mass is 220 g/mol. The number of carboxylic acid groups (broad SMARTS) is 1. The van der Waals surface area contributed by atoms with Crippen molar-refractivity contribution < 1.29 is 14.6 Å². The SMILES string of the molecule is Cc1csc(OC(=O)O)c1C(C)Cl. The summed E-state index contributed by atoms with van der Waals surface area (Å²) in [4.78, 5) is 10.3. The number of aryl methyl sites for hydroxylation is 1. The van der Waals surface area contributed by atoms with E-state index < -0.39 is 6.16 Å². The van der Waals surface area contributed by atoms with Crippen molar-refractivity contribution in [1.29, 1.82) is 0 Å². The molecule has 0 fully saturated rings. The molecule has 13 heavy (non-hydrogen) atoms. The lowest BCUT2D eigenvalue weighted by Crippen LogP contribution is -2.03. The van der Waals surface area contributed by atoms with Crippen molar-refractivity contribution in [2.24, 2.45) is 0 Å². The van der Waals surface area contributed by atoms with Gasteiger partial charge < -0.3 is 9.84 Å². The molecule has 0 aliphatic heterocycles. The zero-order valence-corrected chi connectivity index (χ0v) is 8.78. The first kappa shape index (κ1) is 10.3. The smallest absolute Gasteiger partial charge is 0.449 e. The van der Waals surface area contributed by atoms with Crippen LogP contribution < -0.4 is 4.74 Å². The number of carbonyl (C=O) groups is 1. The summed E-state index contributed by atoms with van der Waals surface area (Å²) in [5, 5.41) is 10.4. The molecule has 1 aromatic heterocycles. The average molecular weight is 221 g/mol. The van der Waals surface area contributed by atoms with Gasteiger partial charge in [0.05, 0.1) is 5.38 Å². The van der Waals surface area contributed by atoms with Gasteiger partial charge in [-0.25, -0.2) is 4.79 Å². The summed E-state index contributed by atoms with van der Waals surface area (Å²) in [6, 6.07) is 0. The zero-order chi connectivity index (χ0) is 10.0. The van der Waals surface area contributed by atoms with Crippen molar-refractivity contribution in [3.63, 3.8) is 0 Å². The maximum Gasteiger partial charge on any atom is 0.512 e. The van der Waals surface area contributed by atoms with Gasteiger partial charge in [0.25, 0.3) is 0 Å². The van der Waals surface area contributed by atoms with E-state index >= 15 is 0 Å². The van der Waals surface area contributed by atoms with Gasteiger partial charge in [0, 0.05) is 5.56 Å². The minimum atomic E-state index is -1.31. The second-order valence-electron chi connectivity index (χ2n) is 2.60. The molecule has 1 heterocycles. The largest absolute Gasteiger partial charge is 0.512 e. The second-order valence-corrected chi connectivity index (χ2v) is 4.10. The van der Waals surface area contributed by atoms with Crippen molar-refractivity contribution in [3.8, 4) is 5.06 Å². The van der Waals surface area contributed by atoms with E-state index in [2.05, 4.69) is 4.74 Å². The van der Waals surface area contributed by atoms with Gasteiger partial charge in [-0.05, 0) is 24.8 Å². The van der Waals surface area contributed by atoms with Gasteiger partial charge in [0.15, 0.2) is 5.06 Å². The van der Waals surface area contributed by atoms with Gasteiger partial charge >= 0.3 is 6.16 Å². The van der Waals surface area contributed by atoms with Crippen molar-refractivity contribution in [2.45, 2.75) is 19.2 Å². The van der Waals surface area contributed by atoms with Crippen LogP contribution in [-0.2, 0) is 0 Å². The summed E-state index contributed by atoms with van der Waals surface area (Å²) in [6.07, 6.45) is -1.31.